The average molecular weight is 447 g/mol. The van der Waals surface area contributed by atoms with Crippen molar-refractivity contribution in [2.45, 2.75) is 25.1 Å². The lowest BCUT2D eigenvalue weighted by Crippen LogP contribution is -2.44. The molecule has 3 aromatic rings. The summed E-state index contributed by atoms with van der Waals surface area (Å²) < 4.78 is 61.0. The van der Waals surface area contributed by atoms with Gasteiger partial charge in [-0.05, 0) is 23.6 Å². The number of H-pyrrole nitrogens is 1. The fourth-order valence-corrected chi connectivity index (χ4v) is 4.48. The molecule has 2 aliphatic heterocycles. The molecule has 166 valence electrons. The Hall–Kier alpha value is -3.40. The molecule has 0 fully saturated rings. The number of rotatable bonds is 2. The fourth-order valence-electron chi connectivity index (χ4n) is 4.48. The van der Waals surface area contributed by atoms with Gasteiger partial charge in [-0.15, -0.1) is 0 Å². The number of nitrogens with one attached hydrogen (secondary N) is 2. The molecule has 2 atom stereocenters. The minimum Gasteiger partial charge on any atom is -0.373 e. The number of pyridine rings is 1. The Kier molecular flexibility index (Phi) is 4.70. The van der Waals surface area contributed by atoms with Crippen LogP contribution in [0.2, 0.25) is 0 Å². The van der Waals surface area contributed by atoms with Crippen molar-refractivity contribution >= 4 is 22.4 Å². The summed E-state index contributed by atoms with van der Waals surface area (Å²) in [4.78, 5) is 29.6. The van der Waals surface area contributed by atoms with Crippen molar-refractivity contribution < 1.29 is 27.1 Å². The maximum Gasteiger partial charge on any atom is 0.256 e. The van der Waals surface area contributed by atoms with Gasteiger partial charge in [0.15, 0.2) is 11.6 Å². The van der Waals surface area contributed by atoms with Crippen molar-refractivity contribution in [1.29, 1.82) is 0 Å². The van der Waals surface area contributed by atoms with Crippen molar-refractivity contribution in [3.63, 3.8) is 0 Å². The summed E-state index contributed by atoms with van der Waals surface area (Å²) in [5, 5.41) is 2.99. The molecule has 2 N–H and O–H groups in total. The zero-order chi connectivity index (χ0) is 22.7. The number of amides is 1. The van der Waals surface area contributed by atoms with Crippen molar-refractivity contribution in [3.8, 4) is 0 Å². The first-order chi connectivity index (χ1) is 15.2. The quantitative estimate of drug-likeness (QED) is 0.592. The zero-order valence-corrected chi connectivity index (χ0v) is 16.8. The van der Waals surface area contributed by atoms with E-state index in [1.54, 1.807) is 0 Å². The minimum absolute atomic E-state index is 0.0251. The third kappa shape index (κ3) is 3.13. The Morgan fingerprint density at radius 1 is 1.06 bits per heavy atom. The second-order valence-corrected chi connectivity index (χ2v) is 7.95. The molecule has 0 radical (unpaired) electrons. The van der Waals surface area contributed by atoms with E-state index in [9.17, 15) is 27.2 Å². The van der Waals surface area contributed by atoms with Crippen LogP contribution in [0.3, 0.4) is 0 Å². The Bertz CT molecular complexity index is 1340. The number of anilines is 1. The summed E-state index contributed by atoms with van der Waals surface area (Å²) in [6.45, 7) is 0.0910. The number of ether oxygens (including phenoxy) is 1. The van der Waals surface area contributed by atoms with E-state index in [-0.39, 0.29) is 41.7 Å². The average Bonchev–Trinajstić information content (AvgIpc) is 3.18. The first-order valence-corrected chi connectivity index (χ1v) is 9.87. The van der Waals surface area contributed by atoms with Gasteiger partial charge in [-0.25, -0.2) is 17.6 Å². The highest BCUT2D eigenvalue weighted by molar-refractivity contribution is 5.90. The molecule has 2 aromatic carbocycles. The number of fused-ring (bicyclic) bond motifs is 4. The van der Waals surface area contributed by atoms with E-state index in [0.29, 0.717) is 11.3 Å². The van der Waals surface area contributed by atoms with Crippen LogP contribution in [0.15, 0.2) is 29.1 Å². The summed E-state index contributed by atoms with van der Waals surface area (Å²) in [6.07, 6.45) is 0.0251. The molecule has 1 aromatic heterocycles. The number of carbonyl (C=O) groups is 1. The van der Waals surface area contributed by atoms with E-state index in [2.05, 4.69) is 10.3 Å². The minimum atomic E-state index is -1.15. The predicted molar refractivity (Wildman–Crippen MR) is 107 cm³/mol. The number of hydrogen-bond acceptors (Lipinski definition) is 4. The summed E-state index contributed by atoms with van der Waals surface area (Å²) in [5.41, 5.74) is 0.641. The molecule has 32 heavy (non-hydrogen) atoms. The van der Waals surface area contributed by atoms with Crippen molar-refractivity contribution in [1.82, 2.24) is 9.88 Å². The van der Waals surface area contributed by atoms with E-state index < -0.39 is 46.8 Å². The third-order valence-electron chi connectivity index (χ3n) is 6.05. The van der Waals surface area contributed by atoms with Crippen LogP contribution in [0, 0.1) is 23.3 Å². The number of aromatic amines is 1. The molecule has 0 spiro atoms. The summed E-state index contributed by atoms with van der Waals surface area (Å²) >= 11 is 0. The fraction of sp³-hybridized carbons (Fsp3) is 0.273. The number of likely N-dealkylation sites (N-methyl/N-ethyl adjacent to an activating group) is 1. The van der Waals surface area contributed by atoms with Gasteiger partial charge < -0.3 is 19.9 Å². The van der Waals surface area contributed by atoms with E-state index in [1.807, 2.05) is 0 Å². The molecule has 10 heteroatoms. The number of benzene rings is 2. The Morgan fingerprint density at radius 3 is 2.53 bits per heavy atom. The van der Waals surface area contributed by atoms with E-state index in [0.717, 1.165) is 24.3 Å². The van der Waals surface area contributed by atoms with Crippen LogP contribution >= 0.6 is 0 Å². The Balaban J connectivity index is 1.52. The maximum absolute atomic E-state index is 14.1. The van der Waals surface area contributed by atoms with Crippen LogP contribution in [-0.2, 0) is 22.6 Å². The Labute approximate surface area is 178 Å². The number of aromatic nitrogens is 1. The van der Waals surface area contributed by atoms with Gasteiger partial charge >= 0.3 is 0 Å². The summed E-state index contributed by atoms with van der Waals surface area (Å²) in [7, 11) is 1.50. The van der Waals surface area contributed by atoms with Gasteiger partial charge in [0.1, 0.15) is 17.7 Å². The first-order valence-electron chi connectivity index (χ1n) is 9.87. The van der Waals surface area contributed by atoms with E-state index in [1.165, 1.54) is 11.9 Å². The molecular formula is C22H17F4N3O3. The van der Waals surface area contributed by atoms with Gasteiger partial charge in [0.05, 0.1) is 24.6 Å². The monoisotopic (exact) mass is 447 g/mol. The lowest BCUT2D eigenvalue weighted by Gasteiger charge is -2.35. The number of hydrogen-bond donors (Lipinski definition) is 2. The van der Waals surface area contributed by atoms with E-state index >= 15 is 0 Å². The molecule has 2 aliphatic rings. The summed E-state index contributed by atoms with van der Waals surface area (Å²) in [6, 6.07) is 2.09. The van der Waals surface area contributed by atoms with Crippen LogP contribution in [0.5, 0.6) is 0 Å². The van der Waals surface area contributed by atoms with E-state index in [4.69, 9.17) is 4.74 Å². The summed E-state index contributed by atoms with van der Waals surface area (Å²) in [5.74, 6) is -4.19. The molecule has 0 bridgehead atoms. The molecule has 1 amide bonds. The van der Waals surface area contributed by atoms with Crippen LogP contribution in [-0.4, -0.2) is 35.5 Å². The molecule has 3 heterocycles. The lowest BCUT2D eigenvalue weighted by atomic mass is 9.95. The van der Waals surface area contributed by atoms with Crippen LogP contribution in [0.25, 0.3) is 10.8 Å². The van der Waals surface area contributed by atoms with Gasteiger partial charge in [0, 0.05) is 42.0 Å². The first kappa shape index (κ1) is 20.5. The van der Waals surface area contributed by atoms with Gasteiger partial charge in [-0.3, -0.25) is 9.59 Å². The highest BCUT2D eigenvalue weighted by Crippen LogP contribution is 2.35. The molecule has 5 rings (SSSR count). The van der Waals surface area contributed by atoms with Crippen molar-refractivity contribution in [3.05, 3.63) is 74.7 Å². The molecular weight excluding hydrogens is 430 g/mol. The standard InChI is InChI=1S/C22H17F4N3O3/c1-29(22(31)17-6-12-13(24)2-9(23)3-16(12)27-17)19-8-32-7-18-20(19)10-4-14(25)15(26)5-11(10)21(30)28-18/h2-5,17,19,27H,6-8H2,1H3,(H,28,30). The van der Waals surface area contributed by atoms with Crippen molar-refractivity contribution in [2.24, 2.45) is 0 Å². The Morgan fingerprint density at radius 2 is 1.78 bits per heavy atom. The van der Waals surface area contributed by atoms with Crippen molar-refractivity contribution in [2.75, 3.05) is 19.0 Å². The van der Waals surface area contributed by atoms with Crippen LogP contribution < -0.4 is 10.9 Å². The lowest BCUT2D eigenvalue weighted by molar-refractivity contribution is -0.134. The zero-order valence-electron chi connectivity index (χ0n) is 16.8. The van der Waals surface area contributed by atoms with Gasteiger partial charge in [0.25, 0.3) is 5.56 Å². The van der Waals surface area contributed by atoms with Gasteiger partial charge in [0.2, 0.25) is 5.91 Å². The van der Waals surface area contributed by atoms with Gasteiger partial charge in [-0.1, -0.05) is 0 Å². The van der Waals surface area contributed by atoms with Crippen LogP contribution in [0.4, 0.5) is 23.2 Å². The molecule has 2 unspecified atom stereocenters. The topological polar surface area (TPSA) is 74.4 Å². The number of carbonyl (C=O) groups excluding carboxylic acids is 1. The highest BCUT2D eigenvalue weighted by Gasteiger charge is 2.36. The normalized spacial score (nSPS) is 19.4. The van der Waals surface area contributed by atoms with Crippen LogP contribution in [0.1, 0.15) is 22.9 Å². The molecule has 0 saturated carbocycles. The predicted octanol–water partition coefficient (Wildman–Crippen LogP) is 3.15. The second kappa shape index (κ2) is 7.33. The largest absolute Gasteiger partial charge is 0.373 e. The molecule has 6 nitrogen and oxygen atoms in total. The molecule has 0 aliphatic carbocycles. The SMILES string of the molecule is CN(C(=O)C1Cc2c(F)cc(F)cc2N1)C1COCc2[nH]c(=O)c3cc(F)c(F)cc3c21. The third-order valence-corrected chi connectivity index (χ3v) is 6.05. The second-order valence-electron chi connectivity index (χ2n) is 7.95. The van der Waals surface area contributed by atoms with Gasteiger partial charge in [-0.2, -0.15) is 0 Å². The molecule has 0 saturated heterocycles. The number of nitrogens with zero attached hydrogens (tertiary/aromatic N) is 1. The smallest absolute Gasteiger partial charge is 0.256 e. The number of halogens is 4. The highest BCUT2D eigenvalue weighted by atomic mass is 19.2. The maximum atomic E-state index is 14.1.